The fourth-order valence-electron chi connectivity index (χ4n) is 4.19. The number of piperidine rings is 1. The summed E-state index contributed by atoms with van der Waals surface area (Å²) in [5, 5.41) is 0. The number of rotatable bonds is 6. The summed E-state index contributed by atoms with van der Waals surface area (Å²) in [5.74, 6) is -0.169. The standard InChI is InChI=1S/C26H26F2N2O/c27-22-12-9-19(10-13-22)11-14-26(31)30-15-3-5-21(18-30)25-8-2-7-24(29-25)17-20-4-1-6-23(28)16-20/h1-2,4,6-10,12-13,16,21H,3,5,11,14-15,17-18H2/t21-/m1/s1. The number of amides is 1. The van der Waals surface area contributed by atoms with Crippen molar-refractivity contribution in [3.05, 3.63) is 101 Å². The molecule has 0 bridgehead atoms. The van der Waals surface area contributed by atoms with Gasteiger partial charge in [0.2, 0.25) is 5.91 Å². The molecule has 1 aliphatic rings. The third-order valence-corrected chi connectivity index (χ3v) is 5.84. The normalized spacial score (nSPS) is 16.3. The van der Waals surface area contributed by atoms with Crippen LogP contribution in [0.4, 0.5) is 8.78 Å². The molecule has 0 saturated carbocycles. The van der Waals surface area contributed by atoms with Crippen molar-refractivity contribution in [2.75, 3.05) is 13.1 Å². The molecule has 31 heavy (non-hydrogen) atoms. The SMILES string of the molecule is O=C(CCc1ccc(F)cc1)N1CCC[C@@H](c2cccc(Cc3cccc(F)c3)n2)C1. The Morgan fingerprint density at radius 2 is 1.77 bits per heavy atom. The molecule has 160 valence electrons. The summed E-state index contributed by atoms with van der Waals surface area (Å²) in [4.78, 5) is 19.5. The first-order valence-corrected chi connectivity index (χ1v) is 10.8. The topological polar surface area (TPSA) is 33.2 Å². The Balaban J connectivity index is 1.37. The Kier molecular flexibility index (Phi) is 6.70. The molecule has 2 heterocycles. The van der Waals surface area contributed by atoms with E-state index in [1.54, 1.807) is 18.2 Å². The van der Waals surface area contributed by atoms with Gasteiger partial charge in [0.05, 0.1) is 0 Å². The molecular formula is C26H26F2N2O. The summed E-state index contributed by atoms with van der Waals surface area (Å²) in [6, 6.07) is 18.9. The molecule has 1 aliphatic heterocycles. The van der Waals surface area contributed by atoms with Crippen LogP contribution >= 0.6 is 0 Å². The number of carbonyl (C=O) groups is 1. The van der Waals surface area contributed by atoms with Gasteiger partial charge in [0.15, 0.2) is 0 Å². The number of aryl methyl sites for hydroxylation is 1. The molecule has 1 fully saturated rings. The lowest BCUT2D eigenvalue weighted by Crippen LogP contribution is -2.39. The summed E-state index contributed by atoms with van der Waals surface area (Å²) in [6.45, 7) is 1.43. The number of halogens is 2. The van der Waals surface area contributed by atoms with Crippen molar-refractivity contribution in [1.29, 1.82) is 0 Å². The van der Waals surface area contributed by atoms with Gasteiger partial charge in [-0.3, -0.25) is 9.78 Å². The molecule has 1 amide bonds. The van der Waals surface area contributed by atoms with Crippen LogP contribution in [-0.4, -0.2) is 28.9 Å². The van der Waals surface area contributed by atoms with Crippen molar-refractivity contribution in [2.45, 2.75) is 38.0 Å². The van der Waals surface area contributed by atoms with Gasteiger partial charge in [-0.05, 0) is 66.8 Å². The van der Waals surface area contributed by atoms with E-state index in [9.17, 15) is 13.6 Å². The largest absolute Gasteiger partial charge is 0.342 e. The number of likely N-dealkylation sites (tertiary alicyclic amines) is 1. The molecule has 1 saturated heterocycles. The fraction of sp³-hybridized carbons (Fsp3) is 0.308. The van der Waals surface area contributed by atoms with Crippen LogP contribution < -0.4 is 0 Å². The Morgan fingerprint density at radius 1 is 0.968 bits per heavy atom. The van der Waals surface area contributed by atoms with Gasteiger partial charge in [-0.25, -0.2) is 8.78 Å². The third kappa shape index (κ3) is 5.75. The number of carbonyl (C=O) groups excluding carboxylic acids is 1. The van der Waals surface area contributed by atoms with E-state index in [-0.39, 0.29) is 23.5 Å². The zero-order chi connectivity index (χ0) is 21.6. The molecule has 0 unspecified atom stereocenters. The van der Waals surface area contributed by atoms with Crippen LogP contribution in [0, 0.1) is 11.6 Å². The van der Waals surface area contributed by atoms with Crippen LogP contribution in [0.2, 0.25) is 0 Å². The van der Waals surface area contributed by atoms with Crippen molar-refractivity contribution in [1.82, 2.24) is 9.88 Å². The maximum atomic E-state index is 13.5. The minimum atomic E-state index is -0.263. The first-order valence-electron chi connectivity index (χ1n) is 10.8. The second-order valence-electron chi connectivity index (χ2n) is 8.17. The van der Waals surface area contributed by atoms with Crippen molar-refractivity contribution in [3.63, 3.8) is 0 Å². The Labute approximate surface area is 181 Å². The van der Waals surface area contributed by atoms with Gasteiger partial charge >= 0.3 is 0 Å². The highest BCUT2D eigenvalue weighted by atomic mass is 19.1. The predicted molar refractivity (Wildman–Crippen MR) is 117 cm³/mol. The number of aromatic nitrogens is 1. The van der Waals surface area contributed by atoms with E-state index in [0.29, 0.717) is 25.8 Å². The minimum absolute atomic E-state index is 0.130. The molecule has 1 aromatic heterocycles. The molecule has 0 aliphatic carbocycles. The van der Waals surface area contributed by atoms with Crippen LogP contribution in [0.5, 0.6) is 0 Å². The fourth-order valence-corrected chi connectivity index (χ4v) is 4.19. The summed E-state index contributed by atoms with van der Waals surface area (Å²) < 4.78 is 26.5. The van der Waals surface area contributed by atoms with Crippen LogP contribution in [0.1, 0.15) is 47.7 Å². The molecule has 1 atom stereocenters. The van der Waals surface area contributed by atoms with Crippen LogP contribution in [-0.2, 0) is 17.6 Å². The first-order chi connectivity index (χ1) is 15.1. The Morgan fingerprint density at radius 3 is 2.58 bits per heavy atom. The highest BCUT2D eigenvalue weighted by Gasteiger charge is 2.25. The minimum Gasteiger partial charge on any atom is -0.342 e. The first kappa shape index (κ1) is 21.2. The van der Waals surface area contributed by atoms with Crippen LogP contribution in [0.3, 0.4) is 0 Å². The number of benzene rings is 2. The van der Waals surface area contributed by atoms with E-state index in [1.165, 1.54) is 24.3 Å². The van der Waals surface area contributed by atoms with E-state index in [4.69, 9.17) is 4.98 Å². The predicted octanol–water partition coefficient (Wildman–Crippen LogP) is 5.29. The van der Waals surface area contributed by atoms with Gasteiger partial charge in [0.25, 0.3) is 0 Å². The Hall–Kier alpha value is -3.08. The summed E-state index contributed by atoms with van der Waals surface area (Å²) in [6.07, 6.45) is 3.56. The van der Waals surface area contributed by atoms with E-state index >= 15 is 0 Å². The average molecular weight is 421 g/mol. The van der Waals surface area contributed by atoms with E-state index < -0.39 is 0 Å². The molecular weight excluding hydrogens is 394 g/mol. The van der Waals surface area contributed by atoms with Crippen molar-refractivity contribution >= 4 is 5.91 Å². The highest BCUT2D eigenvalue weighted by molar-refractivity contribution is 5.76. The number of nitrogens with zero attached hydrogens (tertiary/aromatic N) is 2. The molecule has 3 aromatic rings. The third-order valence-electron chi connectivity index (χ3n) is 5.84. The lowest BCUT2D eigenvalue weighted by molar-refractivity contribution is -0.132. The van der Waals surface area contributed by atoms with E-state index in [0.717, 1.165) is 41.9 Å². The molecule has 5 heteroatoms. The summed E-state index contributed by atoms with van der Waals surface area (Å²) >= 11 is 0. The molecule has 0 N–H and O–H groups in total. The number of hydrogen-bond acceptors (Lipinski definition) is 2. The van der Waals surface area contributed by atoms with Crippen LogP contribution in [0.15, 0.2) is 66.7 Å². The maximum Gasteiger partial charge on any atom is 0.222 e. The van der Waals surface area contributed by atoms with Gasteiger partial charge in [-0.2, -0.15) is 0 Å². The average Bonchev–Trinajstić information content (AvgIpc) is 2.79. The summed E-state index contributed by atoms with van der Waals surface area (Å²) in [5.41, 5.74) is 3.76. The van der Waals surface area contributed by atoms with E-state index in [1.807, 2.05) is 29.2 Å². The van der Waals surface area contributed by atoms with Gasteiger partial charge in [-0.1, -0.05) is 30.3 Å². The zero-order valence-electron chi connectivity index (χ0n) is 17.4. The van der Waals surface area contributed by atoms with Crippen molar-refractivity contribution in [2.24, 2.45) is 0 Å². The van der Waals surface area contributed by atoms with Gasteiger partial charge < -0.3 is 4.90 Å². The highest BCUT2D eigenvalue weighted by Crippen LogP contribution is 2.26. The van der Waals surface area contributed by atoms with Crippen molar-refractivity contribution < 1.29 is 13.6 Å². The molecule has 0 radical (unpaired) electrons. The second-order valence-corrected chi connectivity index (χ2v) is 8.17. The smallest absolute Gasteiger partial charge is 0.222 e. The monoisotopic (exact) mass is 420 g/mol. The second kappa shape index (κ2) is 9.82. The lowest BCUT2D eigenvalue weighted by Gasteiger charge is -2.32. The quantitative estimate of drug-likeness (QED) is 0.543. The molecule has 3 nitrogen and oxygen atoms in total. The maximum absolute atomic E-state index is 13.5. The van der Waals surface area contributed by atoms with Gasteiger partial charge in [0.1, 0.15) is 11.6 Å². The summed E-state index contributed by atoms with van der Waals surface area (Å²) in [7, 11) is 0. The lowest BCUT2D eigenvalue weighted by atomic mass is 9.93. The van der Waals surface area contributed by atoms with Crippen molar-refractivity contribution in [3.8, 4) is 0 Å². The Bertz CT molecular complexity index is 1040. The molecule has 0 spiro atoms. The molecule has 4 rings (SSSR count). The zero-order valence-corrected chi connectivity index (χ0v) is 17.4. The van der Waals surface area contributed by atoms with Crippen LogP contribution in [0.25, 0.3) is 0 Å². The number of hydrogen-bond donors (Lipinski definition) is 0. The molecule has 2 aromatic carbocycles. The van der Waals surface area contributed by atoms with Gasteiger partial charge in [-0.15, -0.1) is 0 Å². The van der Waals surface area contributed by atoms with E-state index in [2.05, 4.69) is 0 Å². The van der Waals surface area contributed by atoms with Gasteiger partial charge in [0, 0.05) is 43.2 Å². The number of pyridine rings is 1.